The van der Waals surface area contributed by atoms with Crippen LogP contribution in [0.25, 0.3) is 0 Å². The van der Waals surface area contributed by atoms with Crippen molar-refractivity contribution in [2.24, 2.45) is 0 Å². The highest BCUT2D eigenvalue weighted by molar-refractivity contribution is 9.10. The summed E-state index contributed by atoms with van der Waals surface area (Å²) in [6.07, 6.45) is 0. The number of ether oxygens (including phenoxy) is 9. The van der Waals surface area contributed by atoms with Crippen molar-refractivity contribution in [1.29, 1.82) is 0 Å². The van der Waals surface area contributed by atoms with Crippen molar-refractivity contribution in [2.75, 3.05) is 0 Å². The van der Waals surface area contributed by atoms with Gasteiger partial charge in [0.2, 0.25) is 29.5 Å². The average molecular weight is 2240 g/mol. The fourth-order valence-corrected chi connectivity index (χ4v) is 18.4. The molecule has 14 aromatic rings. The molecule has 0 N–H and O–H groups in total. The van der Waals surface area contributed by atoms with Crippen LogP contribution >= 0.6 is 63.7 Å². The van der Waals surface area contributed by atoms with E-state index in [9.17, 15) is 44.4 Å². The number of halogens is 4. The second-order valence-electron chi connectivity index (χ2n) is 39.9. The van der Waals surface area contributed by atoms with Gasteiger partial charge in [0.15, 0.2) is 0 Å². The zero-order valence-corrected chi connectivity index (χ0v) is 92.1. The van der Waals surface area contributed by atoms with Crippen LogP contribution in [0.5, 0.6) is 80.5 Å². The van der Waals surface area contributed by atoms with Gasteiger partial charge < -0.3 is 42.6 Å². The zero-order chi connectivity index (χ0) is 104. The summed E-state index contributed by atoms with van der Waals surface area (Å²) >= 11 is 13.2. The molecule has 14 aromatic carbocycles. The van der Waals surface area contributed by atoms with Crippen molar-refractivity contribution >= 4 is 117 Å². The predicted octanol–water partition coefficient (Wildman–Crippen LogP) is 30.4. The lowest BCUT2D eigenvalue weighted by Crippen LogP contribution is -2.29. The third-order valence-electron chi connectivity index (χ3n) is 23.7. The van der Waals surface area contributed by atoms with Crippen LogP contribution in [0.4, 0.5) is 0 Å². The van der Waals surface area contributed by atoms with Crippen LogP contribution < -0.4 is 42.6 Å². The largest absolute Gasteiger partial charge is 0.457 e. The molecule has 19 nitrogen and oxygen atoms in total. The smallest absolute Gasteiger partial charge is 0.327 e. The van der Waals surface area contributed by atoms with E-state index in [1.807, 2.05) is 158 Å². The molecule has 0 fully saturated rings. The Hall–Kier alpha value is -12.3. The van der Waals surface area contributed by atoms with Gasteiger partial charge in [0.25, 0.3) is 0 Å². The Kier molecular flexibility index (Phi) is 33.8. The molecule has 0 spiro atoms. The summed E-state index contributed by atoms with van der Waals surface area (Å²) in [6, 6.07) is 99.0. The molecule has 0 aromatic heterocycles. The third-order valence-corrected chi connectivity index (χ3v) is 30.3. The summed E-state index contributed by atoms with van der Waals surface area (Å²) in [6.45, 7) is 39.4. The molecule has 26 heteroatoms. The van der Waals surface area contributed by atoms with Gasteiger partial charge in [0, 0.05) is 16.2 Å². The third kappa shape index (κ3) is 28.7. The van der Waals surface area contributed by atoms with E-state index in [2.05, 4.69) is 147 Å². The Morgan fingerprint density at radius 2 is 0.273 bits per heavy atom. The minimum atomic E-state index is -3.81. The SMILES string of the molecule is CC(C)(Br)C(=O)Oc1ccc(C(C)(C)c2ccc(Oc3ccc(S(=O)(=O)c4ccc(Oc5ccc(C(C)(C)C)cc5)cc4)cc3)cc2)cc1.CC(C)(Br)C(=O)Oc1ccc(C(C)(C)c2ccc(Oc3ccc(S(=O)(=O)c4ccc(Oc5ccc(C(C)(C)c6ccc(OC(=O)C(C)(C)Br)cc6)cc5)cc4)cc3)cc2)cc1.CC(C)(Br)C(=O)Oc1ccc(S(=O)(=O)c2ccc(Oc3ccc(C(C)(C)C)cc3)cc2)cc1. The van der Waals surface area contributed by atoms with Gasteiger partial charge >= 0.3 is 23.9 Å². The van der Waals surface area contributed by atoms with E-state index in [-0.39, 0.29) is 80.1 Å². The first-order valence-electron chi connectivity index (χ1n) is 46.0. The molecule has 0 bridgehead atoms. The van der Waals surface area contributed by atoms with Gasteiger partial charge in [-0.05, 0) is 353 Å². The van der Waals surface area contributed by atoms with Crippen molar-refractivity contribution in [3.63, 3.8) is 0 Å². The minimum Gasteiger partial charge on any atom is -0.457 e. The van der Waals surface area contributed by atoms with Gasteiger partial charge in [-0.15, -0.1) is 0 Å². The van der Waals surface area contributed by atoms with Gasteiger partial charge in [0.05, 0.1) is 29.4 Å². The number of esters is 4. The molecule has 0 aliphatic heterocycles. The number of sulfone groups is 3. The topological polar surface area (TPSA) is 254 Å². The normalized spacial score (nSPS) is 12.3. The van der Waals surface area contributed by atoms with E-state index in [0.29, 0.717) is 74.7 Å². The van der Waals surface area contributed by atoms with Crippen LogP contribution in [0, 0.1) is 0 Å². The van der Waals surface area contributed by atoms with Crippen LogP contribution in [0.3, 0.4) is 0 Å². The Morgan fingerprint density at radius 3 is 0.392 bits per heavy atom. The molecular formula is C117H116Br4O19S3. The molecule has 0 radical (unpaired) electrons. The fraction of sp³-hybridized carbons (Fsp3) is 0.248. The van der Waals surface area contributed by atoms with Crippen molar-refractivity contribution in [2.45, 2.75) is 212 Å². The van der Waals surface area contributed by atoms with Crippen molar-refractivity contribution < 1.29 is 87.1 Å². The number of benzene rings is 14. The van der Waals surface area contributed by atoms with Gasteiger partial charge in [-0.2, -0.15) is 0 Å². The average Bonchev–Trinajstić information content (AvgIpc) is 0.803. The monoisotopic (exact) mass is 2240 g/mol. The maximum atomic E-state index is 13.6. The molecule has 0 aliphatic rings. The number of alkyl halides is 4. The first-order valence-corrected chi connectivity index (χ1v) is 53.6. The maximum absolute atomic E-state index is 13.6. The van der Waals surface area contributed by atoms with Gasteiger partial charge in [0.1, 0.15) is 97.8 Å². The second kappa shape index (κ2) is 44.1. The molecule has 14 rings (SSSR count). The first-order chi connectivity index (χ1) is 66.7. The van der Waals surface area contributed by atoms with Crippen LogP contribution in [-0.2, 0) is 75.8 Å². The van der Waals surface area contributed by atoms with Crippen LogP contribution in [-0.4, -0.2) is 66.4 Å². The summed E-state index contributed by atoms with van der Waals surface area (Å²) in [5.74, 6) is 5.94. The Labute approximate surface area is 873 Å². The lowest BCUT2D eigenvalue weighted by Gasteiger charge is -2.26. The van der Waals surface area contributed by atoms with Gasteiger partial charge in [-0.25, -0.2) is 25.3 Å². The lowest BCUT2D eigenvalue weighted by atomic mass is 9.78. The van der Waals surface area contributed by atoms with Gasteiger partial charge in [-0.3, -0.25) is 19.2 Å². The quantitative estimate of drug-likeness (QED) is 0.0230. The molecule has 0 unspecified atom stereocenters. The van der Waals surface area contributed by atoms with Crippen LogP contribution in [0.1, 0.15) is 183 Å². The fourth-order valence-electron chi connectivity index (χ4n) is 14.3. The molecule has 0 heterocycles. The van der Waals surface area contributed by atoms with Crippen molar-refractivity contribution in [3.8, 4) is 80.5 Å². The first kappa shape index (κ1) is 110. The number of hydrogen-bond donors (Lipinski definition) is 0. The molecule has 143 heavy (non-hydrogen) atoms. The standard InChI is InChI=1S/C50H48Br2O8S.C41H41BrO6S.C26H27BrO5S/c1-47(2,35-13-21-41(22-14-35)59-45(53)49(5,6)51)33-9-17-37(18-10-33)57-39-25-29-43(30-26-39)61(55,56)44-31-27-40(28-32-44)58-38-19-11-34(12-20-38)48(3,4)36-15-23-42(24-16-36)60-46(54)50(7,8)52;1-39(2,3)28-8-14-31(15-9-28)46-33-20-24-36(25-21-33)49(44,45)37-26-22-34(23-27-37)47-32-16-10-29(11-17-32)40(4,5)30-12-18-35(19-13-30)48-38(43)41(6,7)42;1-25(2,3)18-6-8-19(9-7-18)31-20-10-14-22(15-11-20)33(29,30)23-16-12-21(13-17-23)32-24(28)26(4,5)27/h9-32H,1-8H3;8-27H,1-7H3;6-17H,1-5H3. The Bertz CT molecular complexity index is 6970. The summed E-state index contributed by atoms with van der Waals surface area (Å²) in [7, 11) is -11.3. The second-order valence-corrected chi connectivity index (χ2v) is 53.6. The van der Waals surface area contributed by atoms with E-state index in [4.69, 9.17) is 42.6 Å². The van der Waals surface area contributed by atoms with E-state index in [1.165, 1.54) is 71.8 Å². The van der Waals surface area contributed by atoms with E-state index >= 15 is 0 Å². The summed E-state index contributed by atoms with van der Waals surface area (Å²) in [5.41, 5.74) is 7.83. The van der Waals surface area contributed by atoms with Crippen molar-refractivity contribution in [1.82, 2.24) is 0 Å². The molecule has 0 saturated heterocycles. The minimum absolute atomic E-state index is 0.0458. The molecular weight excluding hydrogens is 2130 g/mol. The highest BCUT2D eigenvalue weighted by atomic mass is 79.9. The summed E-state index contributed by atoms with van der Waals surface area (Å²) < 4.78 is 128. The molecule has 0 atom stereocenters. The van der Waals surface area contributed by atoms with Gasteiger partial charge in [-0.1, -0.05) is 244 Å². The Balaban J connectivity index is 0.000000200. The molecule has 0 aliphatic carbocycles. The van der Waals surface area contributed by atoms with E-state index in [0.717, 1.165) is 33.4 Å². The number of carbonyl (C=O) groups excluding carboxylic acids is 4. The number of carbonyl (C=O) groups is 4. The number of hydrogen-bond acceptors (Lipinski definition) is 19. The van der Waals surface area contributed by atoms with E-state index < -0.39 is 52.8 Å². The summed E-state index contributed by atoms with van der Waals surface area (Å²) in [4.78, 5) is 49.5. The van der Waals surface area contributed by atoms with Crippen molar-refractivity contribution in [3.05, 3.63) is 384 Å². The number of rotatable bonds is 30. The highest BCUT2D eigenvalue weighted by Gasteiger charge is 2.34. The lowest BCUT2D eigenvalue weighted by molar-refractivity contribution is -0.136. The predicted molar refractivity (Wildman–Crippen MR) is 575 cm³/mol. The highest BCUT2D eigenvalue weighted by Crippen LogP contribution is 2.42. The zero-order valence-electron chi connectivity index (χ0n) is 83.3. The van der Waals surface area contributed by atoms with E-state index in [1.54, 1.807) is 177 Å². The molecule has 0 saturated carbocycles. The molecule has 0 amide bonds. The summed E-state index contributed by atoms with van der Waals surface area (Å²) in [5, 5.41) is 0. The Morgan fingerprint density at radius 1 is 0.168 bits per heavy atom. The van der Waals surface area contributed by atoms with Crippen LogP contribution in [0.15, 0.2) is 369 Å². The maximum Gasteiger partial charge on any atom is 0.327 e. The molecule has 744 valence electrons. The van der Waals surface area contributed by atoms with Crippen LogP contribution in [0.2, 0.25) is 0 Å².